The number of benzene rings is 1. The molecule has 0 unspecified atom stereocenters. The first-order valence-corrected chi connectivity index (χ1v) is 10.1. The van der Waals surface area contributed by atoms with Crippen molar-refractivity contribution in [2.24, 2.45) is 4.99 Å². The third-order valence-corrected chi connectivity index (χ3v) is 5.86. The van der Waals surface area contributed by atoms with E-state index < -0.39 is 0 Å². The second kappa shape index (κ2) is 11.5. The van der Waals surface area contributed by atoms with Gasteiger partial charge in [-0.3, -0.25) is 9.89 Å². The van der Waals surface area contributed by atoms with Crippen molar-refractivity contribution in [2.45, 2.75) is 25.0 Å². The second-order valence-corrected chi connectivity index (χ2v) is 7.73. The highest BCUT2D eigenvalue weighted by atomic mass is 127. The lowest BCUT2D eigenvalue weighted by Crippen LogP contribution is -2.55. The van der Waals surface area contributed by atoms with Gasteiger partial charge in [-0.05, 0) is 17.7 Å². The number of halogens is 2. The molecule has 3 rings (SSSR count). The summed E-state index contributed by atoms with van der Waals surface area (Å²) in [7, 11) is 3.65. The van der Waals surface area contributed by atoms with E-state index in [0.29, 0.717) is 0 Å². The lowest BCUT2D eigenvalue weighted by atomic mass is 9.94. The predicted molar refractivity (Wildman–Crippen MR) is 125 cm³/mol. The summed E-state index contributed by atoms with van der Waals surface area (Å²) in [5.41, 5.74) is 1.15. The fourth-order valence-corrected chi connectivity index (χ4v) is 3.86. The molecule has 2 heterocycles. The van der Waals surface area contributed by atoms with Gasteiger partial charge in [-0.1, -0.05) is 23.7 Å². The SMILES string of the molecule is CN=C(NCC1(OC)CCOCC1)N1CCN(Cc2ccc(Cl)cc2)CC1.I. The monoisotopic (exact) mass is 522 g/mol. The zero-order valence-corrected chi connectivity index (χ0v) is 19.9. The standard InChI is InChI=1S/C20H31ClN4O2.HI/c1-22-19(23-16-20(26-2)7-13-27-14-8-20)25-11-9-24(10-12-25)15-17-3-5-18(21)6-4-17;/h3-6H,7-16H2,1-2H3,(H,22,23);1H. The average Bonchev–Trinajstić information content (AvgIpc) is 2.72. The van der Waals surface area contributed by atoms with Gasteiger partial charge in [-0.25, -0.2) is 0 Å². The molecule has 0 aromatic heterocycles. The predicted octanol–water partition coefficient (Wildman–Crippen LogP) is 2.85. The van der Waals surface area contributed by atoms with Gasteiger partial charge < -0.3 is 19.7 Å². The lowest BCUT2D eigenvalue weighted by molar-refractivity contribution is -0.0858. The van der Waals surface area contributed by atoms with Gasteiger partial charge in [0.1, 0.15) is 0 Å². The smallest absolute Gasteiger partial charge is 0.193 e. The van der Waals surface area contributed by atoms with E-state index in [4.69, 9.17) is 21.1 Å². The maximum absolute atomic E-state index is 5.97. The number of aliphatic imine (C=N–C) groups is 1. The zero-order valence-electron chi connectivity index (χ0n) is 16.8. The van der Waals surface area contributed by atoms with Crippen molar-refractivity contribution in [1.82, 2.24) is 15.1 Å². The van der Waals surface area contributed by atoms with Gasteiger partial charge in [0.05, 0.1) is 5.60 Å². The van der Waals surface area contributed by atoms with Gasteiger partial charge in [-0.2, -0.15) is 0 Å². The minimum absolute atomic E-state index is 0. The average molecular weight is 523 g/mol. The number of methoxy groups -OCH3 is 1. The number of rotatable bonds is 5. The summed E-state index contributed by atoms with van der Waals surface area (Å²) in [4.78, 5) is 9.30. The van der Waals surface area contributed by atoms with Gasteiger partial charge in [0.25, 0.3) is 0 Å². The highest BCUT2D eigenvalue weighted by Crippen LogP contribution is 2.23. The summed E-state index contributed by atoms with van der Waals surface area (Å²) in [6.45, 7) is 7.23. The summed E-state index contributed by atoms with van der Waals surface area (Å²) in [5, 5.41) is 4.32. The highest BCUT2D eigenvalue weighted by molar-refractivity contribution is 14.0. The molecule has 2 aliphatic heterocycles. The van der Waals surface area contributed by atoms with E-state index in [1.807, 2.05) is 19.2 Å². The van der Waals surface area contributed by atoms with E-state index in [0.717, 1.165) is 76.3 Å². The van der Waals surface area contributed by atoms with Crippen molar-refractivity contribution in [3.63, 3.8) is 0 Å². The van der Waals surface area contributed by atoms with Gasteiger partial charge in [0.2, 0.25) is 0 Å². The van der Waals surface area contributed by atoms with Gasteiger partial charge in [0.15, 0.2) is 5.96 Å². The Balaban J connectivity index is 0.00000280. The molecule has 2 saturated heterocycles. The normalized spacial score (nSPS) is 20.5. The van der Waals surface area contributed by atoms with Crippen LogP contribution in [0, 0.1) is 0 Å². The van der Waals surface area contributed by atoms with Crippen LogP contribution in [0.25, 0.3) is 0 Å². The van der Waals surface area contributed by atoms with E-state index in [9.17, 15) is 0 Å². The van der Waals surface area contributed by atoms with Crippen LogP contribution in [-0.4, -0.2) is 81.5 Å². The van der Waals surface area contributed by atoms with Crippen LogP contribution in [0.4, 0.5) is 0 Å². The summed E-state index contributed by atoms with van der Waals surface area (Å²) in [6, 6.07) is 8.13. The first-order valence-electron chi connectivity index (χ1n) is 9.69. The quantitative estimate of drug-likeness (QED) is 0.366. The van der Waals surface area contributed by atoms with Crippen molar-refractivity contribution in [1.29, 1.82) is 0 Å². The summed E-state index contributed by atoms with van der Waals surface area (Å²) < 4.78 is 11.3. The van der Waals surface area contributed by atoms with Crippen molar-refractivity contribution in [3.8, 4) is 0 Å². The first kappa shape index (κ1) is 23.7. The molecular weight excluding hydrogens is 491 g/mol. The number of piperazine rings is 1. The number of ether oxygens (including phenoxy) is 2. The maximum Gasteiger partial charge on any atom is 0.193 e. The molecule has 0 atom stereocenters. The molecule has 2 fully saturated rings. The molecular formula is C20H32ClIN4O2. The number of guanidine groups is 1. The van der Waals surface area contributed by atoms with Crippen molar-refractivity contribution < 1.29 is 9.47 Å². The third-order valence-electron chi connectivity index (χ3n) is 5.61. The molecule has 0 saturated carbocycles. The Morgan fingerprint density at radius 1 is 1.18 bits per heavy atom. The van der Waals surface area contributed by atoms with Crippen LogP contribution in [0.2, 0.25) is 5.02 Å². The van der Waals surface area contributed by atoms with E-state index >= 15 is 0 Å². The van der Waals surface area contributed by atoms with Crippen LogP contribution in [0.1, 0.15) is 18.4 Å². The van der Waals surface area contributed by atoms with Gasteiger partial charge in [-0.15, -0.1) is 24.0 Å². The Morgan fingerprint density at radius 3 is 2.39 bits per heavy atom. The number of nitrogens with zero attached hydrogens (tertiary/aromatic N) is 3. The van der Waals surface area contributed by atoms with Crippen molar-refractivity contribution in [2.75, 3.05) is 60.1 Å². The minimum Gasteiger partial charge on any atom is -0.381 e. The summed E-state index contributed by atoms with van der Waals surface area (Å²) >= 11 is 5.97. The Hall–Kier alpha value is -0.610. The molecule has 1 aromatic rings. The summed E-state index contributed by atoms with van der Waals surface area (Å²) in [5.74, 6) is 0.962. The molecule has 0 aliphatic carbocycles. The van der Waals surface area contributed by atoms with Crippen LogP contribution in [0.3, 0.4) is 0 Å². The van der Waals surface area contributed by atoms with Gasteiger partial charge in [0, 0.05) is 84.5 Å². The van der Waals surface area contributed by atoms with Crippen LogP contribution < -0.4 is 5.32 Å². The van der Waals surface area contributed by atoms with Gasteiger partial charge >= 0.3 is 0 Å². The Bertz CT molecular complexity index is 615. The molecule has 0 amide bonds. The molecule has 1 N–H and O–H groups in total. The van der Waals surface area contributed by atoms with Crippen molar-refractivity contribution >= 4 is 41.5 Å². The molecule has 0 radical (unpaired) electrons. The first-order chi connectivity index (χ1) is 13.1. The largest absolute Gasteiger partial charge is 0.381 e. The third kappa shape index (κ3) is 6.45. The second-order valence-electron chi connectivity index (χ2n) is 7.29. The van der Waals surface area contributed by atoms with E-state index in [2.05, 4.69) is 32.2 Å². The molecule has 8 heteroatoms. The Kier molecular flexibility index (Phi) is 9.76. The highest BCUT2D eigenvalue weighted by Gasteiger charge is 2.33. The van der Waals surface area contributed by atoms with Crippen LogP contribution in [0.5, 0.6) is 0 Å². The minimum atomic E-state index is -0.148. The van der Waals surface area contributed by atoms with Crippen LogP contribution in [-0.2, 0) is 16.0 Å². The zero-order chi connectivity index (χ0) is 19.1. The Morgan fingerprint density at radius 2 is 1.82 bits per heavy atom. The maximum atomic E-state index is 5.97. The molecule has 2 aliphatic rings. The molecule has 0 spiro atoms. The van der Waals surface area contributed by atoms with Crippen LogP contribution in [0.15, 0.2) is 29.3 Å². The molecule has 28 heavy (non-hydrogen) atoms. The fourth-order valence-electron chi connectivity index (χ4n) is 3.73. The molecule has 6 nitrogen and oxygen atoms in total. The van der Waals surface area contributed by atoms with Crippen molar-refractivity contribution in [3.05, 3.63) is 34.9 Å². The van der Waals surface area contributed by atoms with Crippen LogP contribution >= 0.6 is 35.6 Å². The number of hydrogen-bond acceptors (Lipinski definition) is 4. The number of hydrogen-bond donors (Lipinski definition) is 1. The molecule has 1 aromatic carbocycles. The summed E-state index contributed by atoms with van der Waals surface area (Å²) in [6.07, 6.45) is 1.84. The van der Waals surface area contributed by atoms with E-state index in [1.54, 1.807) is 7.11 Å². The Labute approximate surface area is 190 Å². The fraction of sp³-hybridized carbons (Fsp3) is 0.650. The lowest BCUT2D eigenvalue weighted by Gasteiger charge is -2.39. The van der Waals surface area contributed by atoms with E-state index in [-0.39, 0.29) is 29.6 Å². The molecule has 158 valence electrons. The molecule has 0 bridgehead atoms. The number of nitrogens with one attached hydrogen (secondary N) is 1. The topological polar surface area (TPSA) is 49.3 Å². The van der Waals surface area contributed by atoms with E-state index in [1.165, 1.54) is 5.56 Å².